The number of hydrogen-bond donors (Lipinski definition) is 1. The minimum Gasteiger partial charge on any atom is -0.480 e. The van der Waals surface area contributed by atoms with Crippen molar-refractivity contribution >= 4 is 11.8 Å². The second-order valence-corrected chi connectivity index (χ2v) is 4.92. The third kappa shape index (κ3) is 2.83. The molecule has 1 aliphatic rings. The van der Waals surface area contributed by atoms with Gasteiger partial charge in [0.25, 0.3) is 0 Å². The Bertz CT molecular complexity index is 545. The first-order valence-electron chi connectivity index (χ1n) is 5.92. The minimum atomic E-state index is -0.980. The van der Waals surface area contributed by atoms with Gasteiger partial charge in [-0.1, -0.05) is 0 Å². The molecule has 0 radical (unpaired) electrons. The number of aryl methyl sites for hydroxylation is 1. The van der Waals surface area contributed by atoms with Gasteiger partial charge in [-0.15, -0.1) is 0 Å². The van der Waals surface area contributed by atoms with E-state index in [-0.39, 0.29) is 6.61 Å². The van der Waals surface area contributed by atoms with Gasteiger partial charge in [-0.25, -0.2) is 9.78 Å². The molecule has 0 saturated carbocycles. The first-order valence-corrected chi connectivity index (χ1v) is 5.92. The lowest BCUT2D eigenvalue weighted by Gasteiger charge is -2.48. The summed E-state index contributed by atoms with van der Waals surface area (Å²) in [7, 11) is 0. The lowest BCUT2D eigenvalue weighted by Crippen LogP contribution is -2.62. The zero-order valence-corrected chi connectivity index (χ0v) is 10.9. The number of pyridine rings is 1. The van der Waals surface area contributed by atoms with Gasteiger partial charge in [0.2, 0.25) is 0 Å². The highest BCUT2D eigenvalue weighted by Gasteiger charge is 2.41. The molecular weight excluding hydrogens is 246 g/mol. The average molecular weight is 261 g/mol. The Balaban J connectivity index is 2.06. The maximum absolute atomic E-state index is 10.5. The van der Waals surface area contributed by atoms with Crippen LogP contribution in [-0.4, -0.2) is 41.4 Å². The molecular formula is C13H15N3O3. The second kappa shape index (κ2) is 4.86. The fraction of sp³-hybridized carbons (Fsp3) is 0.462. The number of nitriles is 1. The molecule has 1 aliphatic heterocycles. The van der Waals surface area contributed by atoms with Crippen LogP contribution < -0.4 is 4.90 Å². The van der Waals surface area contributed by atoms with E-state index in [1.165, 1.54) is 0 Å². The molecule has 1 N–H and O–H groups in total. The summed E-state index contributed by atoms with van der Waals surface area (Å²) >= 11 is 0. The fourth-order valence-corrected chi connectivity index (χ4v) is 2.11. The van der Waals surface area contributed by atoms with E-state index in [1.54, 1.807) is 12.1 Å². The molecule has 1 aromatic rings. The van der Waals surface area contributed by atoms with Crippen molar-refractivity contribution in [2.24, 2.45) is 0 Å². The van der Waals surface area contributed by atoms with Crippen molar-refractivity contribution in [2.45, 2.75) is 19.4 Å². The van der Waals surface area contributed by atoms with Crippen LogP contribution in [0.25, 0.3) is 0 Å². The standard InChI is InChI=1S/C13H15N3O3/c1-9-3-4-10(5-14)12(15-9)16-7-13(2,8-16)19-6-11(17)18/h3-4H,6-8H2,1-2H3,(H,17,18). The molecule has 100 valence electrons. The van der Waals surface area contributed by atoms with Crippen molar-refractivity contribution in [3.8, 4) is 6.07 Å². The number of nitrogens with zero attached hydrogens (tertiary/aromatic N) is 3. The molecule has 19 heavy (non-hydrogen) atoms. The number of aromatic nitrogens is 1. The summed E-state index contributed by atoms with van der Waals surface area (Å²) in [6, 6.07) is 5.65. The summed E-state index contributed by atoms with van der Waals surface area (Å²) in [5, 5.41) is 17.7. The molecule has 0 aromatic carbocycles. The van der Waals surface area contributed by atoms with Gasteiger partial charge in [0.15, 0.2) is 0 Å². The van der Waals surface area contributed by atoms with E-state index in [9.17, 15) is 4.79 Å². The highest BCUT2D eigenvalue weighted by molar-refractivity contribution is 5.68. The van der Waals surface area contributed by atoms with E-state index in [0.717, 1.165) is 5.69 Å². The van der Waals surface area contributed by atoms with Crippen LogP contribution in [0, 0.1) is 18.3 Å². The van der Waals surface area contributed by atoms with Crippen LogP contribution in [0.1, 0.15) is 18.2 Å². The molecule has 1 saturated heterocycles. The fourth-order valence-electron chi connectivity index (χ4n) is 2.11. The zero-order valence-electron chi connectivity index (χ0n) is 10.9. The molecule has 0 spiro atoms. The number of carboxylic acid groups (broad SMARTS) is 1. The Morgan fingerprint density at radius 3 is 2.89 bits per heavy atom. The van der Waals surface area contributed by atoms with Crippen LogP contribution in [0.3, 0.4) is 0 Å². The van der Waals surface area contributed by atoms with Crippen molar-refractivity contribution in [3.05, 3.63) is 23.4 Å². The van der Waals surface area contributed by atoms with Crippen molar-refractivity contribution in [1.82, 2.24) is 4.98 Å². The lowest BCUT2D eigenvalue weighted by molar-refractivity contribution is -0.150. The van der Waals surface area contributed by atoms with Gasteiger partial charge in [0.05, 0.1) is 18.7 Å². The van der Waals surface area contributed by atoms with Gasteiger partial charge >= 0.3 is 5.97 Å². The molecule has 1 fully saturated rings. The largest absolute Gasteiger partial charge is 0.480 e. The predicted molar refractivity (Wildman–Crippen MR) is 67.9 cm³/mol. The Hall–Kier alpha value is -2.13. The first-order chi connectivity index (χ1) is 8.93. The summed E-state index contributed by atoms with van der Waals surface area (Å²) in [4.78, 5) is 16.8. The van der Waals surface area contributed by atoms with E-state index in [0.29, 0.717) is 24.5 Å². The maximum atomic E-state index is 10.5. The highest BCUT2D eigenvalue weighted by atomic mass is 16.5. The maximum Gasteiger partial charge on any atom is 0.329 e. The molecule has 6 nitrogen and oxygen atoms in total. The van der Waals surface area contributed by atoms with Crippen molar-refractivity contribution in [1.29, 1.82) is 5.26 Å². The molecule has 1 aromatic heterocycles. The van der Waals surface area contributed by atoms with Crippen LogP contribution in [-0.2, 0) is 9.53 Å². The van der Waals surface area contributed by atoms with Gasteiger partial charge in [-0.2, -0.15) is 5.26 Å². The number of rotatable bonds is 4. The third-order valence-corrected chi connectivity index (χ3v) is 3.03. The molecule has 2 heterocycles. The van der Waals surface area contributed by atoms with Gasteiger partial charge in [0.1, 0.15) is 24.1 Å². The van der Waals surface area contributed by atoms with Gasteiger partial charge in [-0.05, 0) is 26.0 Å². The topological polar surface area (TPSA) is 86.5 Å². The van der Waals surface area contributed by atoms with Crippen LogP contribution in [0.15, 0.2) is 12.1 Å². The van der Waals surface area contributed by atoms with Crippen molar-refractivity contribution < 1.29 is 14.6 Å². The molecule has 0 aliphatic carbocycles. The Labute approximate surface area is 111 Å². The Morgan fingerprint density at radius 1 is 1.63 bits per heavy atom. The molecule has 0 unspecified atom stereocenters. The lowest BCUT2D eigenvalue weighted by atomic mass is 9.95. The summed E-state index contributed by atoms with van der Waals surface area (Å²) in [5.41, 5.74) is 0.872. The highest BCUT2D eigenvalue weighted by Crippen LogP contribution is 2.31. The summed E-state index contributed by atoms with van der Waals surface area (Å²) in [5.74, 6) is -0.343. The Morgan fingerprint density at radius 2 is 2.32 bits per heavy atom. The van der Waals surface area contributed by atoms with Crippen LogP contribution in [0.4, 0.5) is 5.82 Å². The number of anilines is 1. The van der Waals surface area contributed by atoms with Gasteiger partial charge in [0, 0.05) is 5.69 Å². The number of carbonyl (C=O) groups is 1. The quantitative estimate of drug-likeness (QED) is 0.868. The summed E-state index contributed by atoms with van der Waals surface area (Å²) in [6.45, 7) is 4.48. The summed E-state index contributed by atoms with van der Waals surface area (Å²) in [6.07, 6.45) is 0. The van der Waals surface area contributed by atoms with E-state index in [2.05, 4.69) is 11.1 Å². The number of hydrogen-bond acceptors (Lipinski definition) is 5. The second-order valence-electron chi connectivity index (χ2n) is 4.92. The molecule has 0 atom stereocenters. The van der Waals surface area contributed by atoms with Crippen molar-refractivity contribution in [3.63, 3.8) is 0 Å². The van der Waals surface area contributed by atoms with Crippen LogP contribution in [0.2, 0.25) is 0 Å². The minimum absolute atomic E-state index is 0.309. The van der Waals surface area contributed by atoms with Gasteiger partial charge < -0.3 is 14.7 Å². The molecule has 0 amide bonds. The number of ether oxygens (including phenoxy) is 1. The number of aliphatic carboxylic acids is 1. The third-order valence-electron chi connectivity index (χ3n) is 3.03. The molecule has 6 heteroatoms. The van der Waals surface area contributed by atoms with E-state index < -0.39 is 11.6 Å². The summed E-state index contributed by atoms with van der Waals surface area (Å²) < 4.78 is 5.33. The number of carboxylic acids is 1. The van der Waals surface area contributed by atoms with Crippen LogP contribution in [0.5, 0.6) is 0 Å². The monoisotopic (exact) mass is 261 g/mol. The van der Waals surface area contributed by atoms with E-state index in [1.807, 2.05) is 18.7 Å². The van der Waals surface area contributed by atoms with E-state index >= 15 is 0 Å². The smallest absolute Gasteiger partial charge is 0.329 e. The zero-order chi connectivity index (χ0) is 14.0. The normalized spacial score (nSPS) is 16.6. The van der Waals surface area contributed by atoms with Crippen LogP contribution >= 0.6 is 0 Å². The SMILES string of the molecule is Cc1ccc(C#N)c(N2CC(C)(OCC(=O)O)C2)n1. The average Bonchev–Trinajstić information content (AvgIpc) is 2.33. The Kier molecular flexibility index (Phi) is 3.40. The van der Waals surface area contributed by atoms with E-state index in [4.69, 9.17) is 15.1 Å². The van der Waals surface area contributed by atoms with Gasteiger partial charge in [-0.3, -0.25) is 0 Å². The predicted octanol–water partition coefficient (Wildman–Crippen LogP) is 0.942. The molecule has 2 rings (SSSR count). The first kappa shape index (κ1) is 13.3. The van der Waals surface area contributed by atoms with Crippen molar-refractivity contribution in [2.75, 3.05) is 24.6 Å². The molecule has 0 bridgehead atoms.